The minimum atomic E-state index is -0.0839. The number of aromatic amines is 1. The quantitative estimate of drug-likeness (QED) is 0.535. The van der Waals surface area contributed by atoms with Crippen molar-refractivity contribution in [1.29, 1.82) is 0 Å². The summed E-state index contributed by atoms with van der Waals surface area (Å²) < 4.78 is 17.2. The predicted octanol–water partition coefficient (Wildman–Crippen LogP) is 3.10. The van der Waals surface area contributed by atoms with Crippen LogP contribution in [0.25, 0.3) is 11.0 Å². The number of carbonyl (C=O) groups excluding carboxylic acids is 1. The highest BCUT2D eigenvalue weighted by Crippen LogP contribution is 2.34. The minimum Gasteiger partial charge on any atom is -0.487 e. The van der Waals surface area contributed by atoms with Gasteiger partial charge in [0.2, 0.25) is 0 Å². The molecule has 0 spiro atoms. The first-order valence-corrected chi connectivity index (χ1v) is 12.0. The molecule has 0 aliphatic carbocycles. The lowest BCUT2D eigenvalue weighted by molar-refractivity contribution is -0.132. The van der Waals surface area contributed by atoms with E-state index in [1.165, 1.54) is 0 Å². The van der Waals surface area contributed by atoms with Gasteiger partial charge < -0.3 is 34.3 Å². The van der Waals surface area contributed by atoms with Crippen molar-refractivity contribution in [3.8, 4) is 11.5 Å². The number of anilines is 2. The molecule has 10 heteroatoms. The number of nitrogens with one attached hydrogen (secondary N) is 2. The van der Waals surface area contributed by atoms with Crippen LogP contribution >= 0.6 is 0 Å². The fourth-order valence-electron chi connectivity index (χ4n) is 4.06. The Balaban J connectivity index is 1.70. The summed E-state index contributed by atoms with van der Waals surface area (Å²) in [5.41, 5.74) is 2.67. The van der Waals surface area contributed by atoms with E-state index >= 15 is 0 Å². The molecule has 4 rings (SSSR count). The average Bonchev–Trinajstić information content (AvgIpc) is 3.22. The third kappa shape index (κ3) is 6.20. The van der Waals surface area contributed by atoms with Crippen LogP contribution < -0.4 is 14.8 Å². The molecule has 0 fully saturated rings. The summed E-state index contributed by atoms with van der Waals surface area (Å²) in [5, 5.41) is 4.39. The lowest BCUT2D eigenvalue weighted by Crippen LogP contribution is -2.33. The standard InChI is InChI=1S/C25H34N6O4/c1-5-33-11-12-34-20-8-7-19-13-21(20)35-16-22(32)31(4)10-6-9-30(3)15-18-14-26-24-23(18)25(29-19)28-17(2)27-24/h7-8,13-14H,5-6,9-12,15-16H2,1-4H3,(H2,26,27,28,29). The topological polar surface area (TPSA) is 105 Å². The fraction of sp³-hybridized carbons (Fsp3) is 0.480. The maximum Gasteiger partial charge on any atom is 0.260 e. The molecule has 0 unspecified atom stereocenters. The first-order valence-electron chi connectivity index (χ1n) is 12.0. The molecule has 1 amide bonds. The Bertz CT molecular complexity index is 1160. The Morgan fingerprint density at radius 2 is 2.03 bits per heavy atom. The number of H-pyrrole nitrogens is 1. The molecule has 0 saturated heterocycles. The highest BCUT2D eigenvalue weighted by molar-refractivity contribution is 5.92. The van der Waals surface area contributed by atoms with Gasteiger partial charge in [0.15, 0.2) is 18.1 Å². The van der Waals surface area contributed by atoms with E-state index in [-0.39, 0.29) is 12.5 Å². The van der Waals surface area contributed by atoms with E-state index in [1.807, 2.05) is 38.2 Å². The summed E-state index contributed by atoms with van der Waals surface area (Å²) >= 11 is 0. The summed E-state index contributed by atoms with van der Waals surface area (Å²) in [6.45, 7) is 7.45. The van der Waals surface area contributed by atoms with E-state index in [0.717, 1.165) is 47.6 Å². The largest absolute Gasteiger partial charge is 0.487 e. The first kappa shape index (κ1) is 24.7. The molecule has 3 aromatic rings. The first-order chi connectivity index (χ1) is 16.9. The van der Waals surface area contributed by atoms with Crippen molar-refractivity contribution in [3.63, 3.8) is 0 Å². The Morgan fingerprint density at radius 1 is 1.17 bits per heavy atom. The smallest absolute Gasteiger partial charge is 0.260 e. The molecule has 2 N–H and O–H groups in total. The van der Waals surface area contributed by atoms with Crippen molar-refractivity contribution >= 4 is 28.4 Å². The van der Waals surface area contributed by atoms with Gasteiger partial charge in [-0.05, 0) is 51.6 Å². The molecular formula is C25H34N6O4. The molecule has 188 valence electrons. The molecule has 2 bridgehead atoms. The molecule has 0 saturated carbocycles. The van der Waals surface area contributed by atoms with Crippen molar-refractivity contribution in [2.24, 2.45) is 0 Å². The van der Waals surface area contributed by atoms with Crippen LogP contribution in [0.5, 0.6) is 11.5 Å². The van der Waals surface area contributed by atoms with Crippen LogP contribution in [0.3, 0.4) is 0 Å². The number of nitrogens with zero attached hydrogens (tertiary/aromatic N) is 4. The van der Waals surface area contributed by atoms with E-state index in [2.05, 4.69) is 27.2 Å². The molecule has 3 heterocycles. The lowest BCUT2D eigenvalue weighted by Gasteiger charge is -2.22. The van der Waals surface area contributed by atoms with Crippen LogP contribution in [-0.4, -0.2) is 84.3 Å². The van der Waals surface area contributed by atoms with E-state index < -0.39 is 0 Å². The van der Waals surface area contributed by atoms with Gasteiger partial charge in [0.1, 0.15) is 23.9 Å². The number of carbonyl (C=O) groups is 1. The van der Waals surface area contributed by atoms with E-state index in [1.54, 1.807) is 11.9 Å². The Morgan fingerprint density at radius 3 is 2.86 bits per heavy atom. The molecular weight excluding hydrogens is 448 g/mol. The molecule has 2 aromatic heterocycles. The Kier molecular flexibility index (Phi) is 8.04. The Labute approximate surface area is 205 Å². The van der Waals surface area contributed by atoms with Crippen molar-refractivity contribution < 1.29 is 19.0 Å². The summed E-state index contributed by atoms with van der Waals surface area (Å²) in [5.74, 6) is 2.34. The lowest BCUT2D eigenvalue weighted by atomic mass is 10.2. The fourth-order valence-corrected chi connectivity index (χ4v) is 4.06. The number of benzene rings is 1. The van der Waals surface area contributed by atoms with Crippen LogP contribution in [0, 0.1) is 6.92 Å². The highest BCUT2D eigenvalue weighted by atomic mass is 16.5. The zero-order valence-corrected chi connectivity index (χ0v) is 20.9. The van der Waals surface area contributed by atoms with E-state index in [0.29, 0.717) is 43.7 Å². The van der Waals surface area contributed by atoms with Gasteiger partial charge in [-0.3, -0.25) is 4.79 Å². The highest BCUT2D eigenvalue weighted by Gasteiger charge is 2.18. The molecule has 35 heavy (non-hydrogen) atoms. The minimum absolute atomic E-state index is 0.0730. The molecule has 1 aliphatic heterocycles. The van der Waals surface area contributed by atoms with Crippen LogP contribution in [0.1, 0.15) is 24.7 Å². The average molecular weight is 483 g/mol. The molecule has 10 nitrogen and oxygen atoms in total. The van der Waals surface area contributed by atoms with E-state index in [4.69, 9.17) is 19.2 Å². The number of amides is 1. The number of aromatic nitrogens is 3. The number of fused-ring (bicyclic) bond motifs is 2. The number of rotatable bonds is 5. The van der Waals surface area contributed by atoms with Gasteiger partial charge in [-0.25, -0.2) is 9.97 Å². The van der Waals surface area contributed by atoms with Crippen LogP contribution in [0.15, 0.2) is 24.4 Å². The summed E-state index contributed by atoms with van der Waals surface area (Å²) in [6, 6.07) is 5.57. The van der Waals surface area contributed by atoms with Gasteiger partial charge in [0.05, 0.1) is 12.0 Å². The number of hydrogen-bond acceptors (Lipinski definition) is 8. The number of likely N-dealkylation sites (N-methyl/N-ethyl adjacent to an activating group) is 1. The second kappa shape index (κ2) is 11.4. The van der Waals surface area contributed by atoms with Crippen molar-refractivity contribution in [2.75, 3.05) is 58.9 Å². The van der Waals surface area contributed by atoms with Gasteiger partial charge in [0.25, 0.3) is 5.91 Å². The molecule has 1 aromatic carbocycles. The monoisotopic (exact) mass is 482 g/mol. The number of ether oxygens (including phenoxy) is 3. The second-order valence-electron chi connectivity index (χ2n) is 8.68. The zero-order chi connectivity index (χ0) is 24.8. The summed E-state index contributed by atoms with van der Waals surface area (Å²) in [4.78, 5) is 29.2. The van der Waals surface area contributed by atoms with E-state index in [9.17, 15) is 4.79 Å². The van der Waals surface area contributed by atoms with Gasteiger partial charge in [-0.1, -0.05) is 0 Å². The molecule has 0 atom stereocenters. The second-order valence-corrected chi connectivity index (χ2v) is 8.68. The zero-order valence-electron chi connectivity index (χ0n) is 20.9. The van der Waals surface area contributed by atoms with Gasteiger partial charge in [0, 0.05) is 44.7 Å². The van der Waals surface area contributed by atoms with Gasteiger partial charge >= 0.3 is 0 Å². The van der Waals surface area contributed by atoms with Gasteiger partial charge in [-0.2, -0.15) is 0 Å². The van der Waals surface area contributed by atoms with Crippen molar-refractivity contribution in [2.45, 2.75) is 26.8 Å². The maximum absolute atomic E-state index is 12.7. The van der Waals surface area contributed by atoms with Crippen LogP contribution in [0.2, 0.25) is 0 Å². The maximum atomic E-state index is 12.7. The van der Waals surface area contributed by atoms with Crippen LogP contribution in [-0.2, 0) is 16.1 Å². The third-order valence-corrected chi connectivity index (χ3v) is 5.87. The summed E-state index contributed by atoms with van der Waals surface area (Å²) in [7, 11) is 3.88. The number of aryl methyl sites for hydroxylation is 1. The third-order valence-electron chi connectivity index (χ3n) is 5.87. The van der Waals surface area contributed by atoms with Gasteiger partial charge in [-0.15, -0.1) is 0 Å². The molecule has 0 radical (unpaired) electrons. The molecule has 1 aliphatic rings. The number of hydrogen-bond donors (Lipinski definition) is 2. The van der Waals surface area contributed by atoms with Crippen LogP contribution in [0.4, 0.5) is 11.5 Å². The summed E-state index contributed by atoms with van der Waals surface area (Å²) in [6.07, 6.45) is 2.84. The SMILES string of the molecule is CCOCCOc1ccc2cc1OCC(=O)N(C)CCCN(C)Cc1c[nH]c3nc(C)nc(c13)N2. The Hall–Kier alpha value is -3.37. The predicted molar refractivity (Wildman–Crippen MR) is 134 cm³/mol. The van der Waals surface area contributed by atoms with Crippen molar-refractivity contribution in [3.05, 3.63) is 35.8 Å². The van der Waals surface area contributed by atoms with Crippen molar-refractivity contribution in [1.82, 2.24) is 24.8 Å². The normalized spacial score (nSPS) is 15.7.